The summed E-state index contributed by atoms with van der Waals surface area (Å²) in [6.07, 6.45) is -0.936. The Morgan fingerprint density at radius 3 is 2.39 bits per heavy atom. The third kappa shape index (κ3) is 4.37. The predicted octanol–water partition coefficient (Wildman–Crippen LogP) is 2.15. The van der Waals surface area contributed by atoms with Gasteiger partial charge in [-0.15, -0.1) is 0 Å². The number of aromatic hydroxyl groups is 2. The quantitative estimate of drug-likeness (QED) is 0.671. The van der Waals surface area contributed by atoms with Crippen LogP contribution in [0.1, 0.15) is 17.2 Å². The van der Waals surface area contributed by atoms with Crippen molar-refractivity contribution >= 4 is 12.1 Å². The van der Waals surface area contributed by atoms with Gasteiger partial charge in [-0.05, 0) is 17.7 Å². The van der Waals surface area contributed by atoms with Crippen molar-refractivity contribution in [2.75, 3.05) is 0 Å². The molecule has 0 saturated heterocycles. The van der Waals surface area contributed by atoms with E-state index in [-0.39, 0.29) is 17.9 Å². The number of phenols is 2. The summed E-state index contributed by atoms with van der Waals surface area (Å²) in [7, 11) is 0. The number of benzene rings is 2. The fraction of sp³-hybridized carbons (Fsp3) is 0.125. The van der Waals surface area contributed by atoms with Crippen LogP contribution in [0.25, 0.3) is 0 Å². The molecule has 0 aliphatic heterocycles. The van der Waals surface area contributed by atoms with Crippen molar-refractivity contribution in [1.29, 1.82) is 0 Å². The first kappa shape index (κ1) is 16.2. The maximum Gasteiger partial charge on any atom is 0.408 e. The Kier molecular flexibility index (Phi) is 5.03. The van der Waals surface area contributed by atoms with Crippen LogP contribution in [0.15, 0.2) is 48.5 Å². The lowest BCUT2D eigenvalue weighted by Crippen LogP contribution is -2.34. The number of hydrogen-bond donors (Lipinski definition) is 4. The van der Waals surface area contributed by atoms with E-state index in [0.717, 1.165) is 11.6 Å². The van der Waals surface area contributed by atoms with Gasteiger partial charge in [0, 0.05) is 11.6 Å². The molecule has 1 amide bonds. The van der Waals surface area contributed by atoms with Crippen molar-refractivity contribution in [3.8, 4) is 11.5 Å². The molecule has 0 aromatic heterocycles. The Hall–Kier alpha value is -3.22. The number of nitrogens with one attached hydrogen (secondary N) is 1. The summed E-state index contributed by atoms with van der Waals surface area (Å²) in [6.45, 7) is -0.0133. The monoisotopic (exact) mass is 317 g/mol. The SMILES string of the molecule is O=C(NC(C(=O)O)c1ccc(O)cc1O)OCc1ccccc1. The number of carbonyl (C=O) groups is 2. The second-order valence-corrected chi connectivity index (χ2v) is 4.72. The Morgan fingerprint density at radius 1 is 1.09 bits per heavy atom. The van der Waals surface area contributed by atoms with E-state index in [1.807, 2.05) is 6.07 Å². The number of ether oxygens (including phenoxy) is 1. The van der Waals surface area contributed by atoms with Crippen LogP contribution < -0.4 is 5.32 Å². The topological polar surface area (TPSA) is 116 Å². The zero-order chi connectivity index (χ0) is 16.8. The standard InChI is InChI=1S/C16H15NO6/c18-11-6-7-12(13(19)8-11)14(15(20)21)17-16(22)23-9-10-4-2-1-3-5-10/h1-8,14,18-19H,9H2,(H,17,22)(H,20,21). The molecule has 2 aromatic carbocycles. The predicted molar refractivity (Wildman–Crippen MR) is 79.9 cm³/mol. The molecule has 23 heavy (non-hydrogen) atoms. The number of carbonyl (C=O) groups excluding carboxylic acids is 1. The summed E-state index contributed by atoms with van der Waals surface area (Å²) < 4.78 is 4.95. The van der Waals surface area contributed by atoms with E-state index >= 15 is 0 Å². The van der Waals surface area contributed by atoms with Crippen LogP contribution in [-0.2, 0) is 16.1 Å². The van der Waals surface area contributed by atoms with Crippen LogP contribution >= 0.6 is 0 Å². The smallest absolute Gasteiger partial charge is 0.408 e. The lowest BCUT2D eigenvalue weighted by molar-refractivity contribution is -0.139. The normalized spacial score (nSPS) is 11.5. The van der Waals surface area contributed by atoms with E-state index in [9.17, 15) is 24.9 Å². The lowest BCUT2D eigenvalue weighted by atomic mass is 10.1. The number of phenolic OH excluding ortho intramolecular Hbond substituents is 2. The summed E-state index contributed by atoms with van der Waals surface area (Å²) in [6, 6.07) is 10.8. The number of hydrogen-bond acceptors (Lipinski definition) is 5. The molecule has 1 atom stereocenters. The third-order valence-corrected chi connectivity index (χ3v) is 3.05. The van der Waals surface area contributed by atoms with Gasteiger partial charge in [-0.3, -0.25) is 0 Å². The Morgan fingerprint density at radius 2 is 1.78 bits per heavy atom. The van der Waals surface area contributed by atoms with Gasteiger partial charge < -0.3 is 25.4 Å². The van der Waals surface area contributed by atoms with Crippen LogP contribution in [0.3, 0.4) is 0 Å². The number of aliphatic carboxylic acids is 1. The second kappa shape index (κ2) is 7.17. The molecule has 0 fully saturated rings. The van der Waals surface area contributed by atoms with Gasteiger partial charge >= 0.3 is 12.1 Å². The average Bonchev–Trinajstić information content (AvgIpc) is 2.52. The average molecular weight is 317 g/mol. The molecule has 0 spiro atoms. The van der Waals surface area contributed by atoms with Gasteiger partial charge in [0.1, 0.15) is 18.1 Å². The van der Waals surface area contributed by atoms with Crippen LogP contribution in [-0.4, -0.2) is 27.4 Å². The fourth-order valence-electron chi connectivity index (χ4n) is 1.93. The van der Waals surface area contributed by atoms with E-state index in [4.69, 9.17) is 4.74 Å². The molecule has 0 bridgehead atoms. The summed E-state index contributed by atoms with van der Waals surface area (Å²) in [5.41, 5.74) is 0.689. The molecule has 120 valence electrons. The minimum Gasteiger partial charge on any atom is -0.508 e. The number of rotatable bonds is 5. The second-order valence-electron chi connectivity index (χ2n) is 4.72. The molecule has 7 heteroatoms. The largest absolute Gasteiger partial charge is 0.508 e. The van der Waals surface area contributed by atoms with Crippen molar-refractivity contribution in [2.45, 2.75) is 12.6 Å². The summed E-state index contributed by atoms with van der Waals surface area (Å²) >= 11 is 0. The van der Waals surface area contributed by atoms with Crippen molar-refractivity contribution in [3.63, 3.8) is 0 Å². The van der Waals surface area contributed by atoms with Gasteiger partial charge in [0.2, 0.25) is 0 Å². The maximum atomic E-state index is 11.8. The minimum atomic E-state index is -1.50. The summed E-state index contributed by atoms with van der Waals surface area (Å²) in [4.78, 5) is 23.1. The van der Waals surface area contributed by atoms with Crippen molar-refractivity contribution in [1.82, 2.24) is 5.32 Å². The van der Waals surface area contributed by atoms with Gasteiger partial charge in [-0.25, -0.2) is 9.59 Å². The minimum absolute atomic E-state index is 0.0133. The highest BCUT2D eigenvalue weighted by atomic mass is 16.5. The molecule has 7 nitrogen and oxygen atoms in total. The van der Waals surface area contributed by atoms with Crippen LogP contribution in [0.2, 0.25) is 0 Å². The van der Waals surface area contributed by atoms with Gasteiger partial charge in [-0.1, -0.05) is 30.3 Å². The van der Waals surface area contributed by atoms with E-state index in [2.05, 4.69) is 5.32 Å². The zero-order valence-electron chi connectivity index (χ0n) is 12.0. The van der Waals surface area contributed by atoms with Crippen LogP contribution in [0.5, 0.6) is 11.5 Å². The summed E-state index contributed by atoms with van der Waals surface area (Å²) in [5, 5.41) is 30.3. The van der Waals surface area contributed by atoms with E-state index in [1.165, 1.54) is 12.1 Å². The number of alkyl carbamates (subject to hydrolysis) is 1. The molecular weight excluding hydrogens is 302 g/mol. The van der Waals surface area contributed by atoms with Gasteiger partial charge in [0.15, 0.2) is 6.04 Å². The highest BCUT2D eigenvalue weighted by Gasteiger charge is 2.25. The van der Waals surface area contributed by atoms with Crippen LogP contribution in [0, 0.1) is 0 Å². The highest BCUT2D eigenvalue weighted by Crippen LogP contribution is 2.28. The molecule has 4 N–H and O–H groups in total. The first-order chi connectivity index (χ1) is 11.0. The molecular formula is C16H15NO6. The van der Waals surface area contributed by atoms with Crippen molar-refractivity contribution < 1.29 is 29.6 Å². The highest BCUT2D eigenvalue weighted by molar-refractivity contribution is 5.82. The Labute approximate surface area is 131 Å². The zero-order valence-corrected chi connectivity index (χ0v) is 12.0. The fourth-order valence-corrected chi connectivity index (χ4v) is 1.93. The van der Waals surface area contributed by atoms with E-state index in [1.54, 1.807) is 24.3 Å². The maximum absolute atomic E-state index is 11.8. The van der Waals surface area contributed by atoms with Crippen molar-refractivity contribution in [2.24, 2.45) is 0 Å². The van der Waals surface area contributed by atoms with E-state index in [0.29, 0.717) is 0 Å². The Balaban J connectivity index is 2.04. The lowest BCUT2D eigenvalue weighted by Gasteiger charge is -2.16. The van der Waals surface area contributed by atoms with Crippen LogP contribution in [0.4, 0.5) is 4.79 Å². The molecule has 0 saturated carbocycles. The molecule has 0 aliphatic carbocycles. The molecule has 2 aromatic rings. The molecule has 0 heterocycles. The third-order valence-electron chi connectivity index (χ3n) is 3.05. The van der Waals surface area contributed by atoms with Gasteiger partial charge in [0.05, 0.1) is 0 Å². The number of amides is 1. The molecule has 2 rings (SSSR count). The first-order valence-corrected chi connectivity index (χ1v) is 6.69. The van der Waals surface area contributed by atoms with Crippen molar-refractivity contribution in [3.05, 3.63) is 59.7 Å². The summed E-state index contributed by atoms with van der Waals surface area (Å²) in [5.74, 6) is -2.04. The molecule has 0 radical (unpaired) electrons. The molecule has 1 unspecified atom stereocenters. The Bertz CT molecular complexity index is 701. The molecule has 0 aliphatic rings. The number of carboxylic acids is 1. The van der Waals surface area contributed by atoms with Gasteiger partial charge in [0.25, 0.3) is 0 Å². The number of carboxylic acid groups (broad SMARTS) is 1. The van der Waals surface area contributed by atoms with Gasteiger partial charge in [-0.2, -0.15) is 0 Å². The van der Waals surface area contributed by atoms with E-state index < -0.39 is 23.9 Å². The first-order valence-electron chi connectivity index (χ1n) is 6.69.